The van der Waals surface area contributed by atoms with E-state index in [2.05, 4.69) is 17.1 Å². The fourth-order valence-electron chi connectivity index (χ4n) is 5.31. The van der Waals surface area contributed by atoms with Gasteiger partial charge in [-0.05, 0) is 74.9 Å². The van der Waals surface area contributed by atoms with Gasteiger partial charge in [0.1, 0.15) is 5.00 Å². The summed E-state index contributed by atoms with van der Waals surface area (Å²) in [5.41, 5.74) is 2.08. The van der Waals surface area contributed by atoms with E-state index in [1.807, 2.05) is 18.7 Å². The number of hydrogen-bond acceptors (Lipinski definition) is 6. The molecule has 1 fully saturated rings. The summed E-state index contributed by atoms with van der Waals surface area (Å²) in [4.78, 5) is 32.5. The molecule has 2 aliphatic rings. The van der Waals surface area contributed by atoms with Crippen LogP contribution in [0.15, 0.2) is 29.2 Å². The average Bonchev–Trinajstić information content (AvgIpc) is 3.56. The van der Waals surface area contributed by atoms with Crippen molar-refractivity contribution in [3.05, 3.63) is 45.8 Å². The highest BCUT2D eigenvalue weighted by atomic mass is 32.2. The van der Waals surface area contributed by atoms with E-state index in [0.717, 1.165) is 81.7 Å². The Morgan fingerprint density at radius 3 is 2.24 bits per heavy atom. The molecule has 1 aromatic carbocycles. The van der Waals surface area contributed by atoms with Gasteiger partial charge in [-0.1, -0.05) is 20.8 Å². The Bertz CT molecular complexity index is 1230. The lowest BCUT2D eigenvalue weighted by atomic mass is 10.0. The zero-order chi connectivity index (χ0) is 27.3. The second kappa shape index (κ2) is 12.7. The third-order valence-corrected chi connectivity index (χ3v) is 10.3. The smallest absolute Gasteiger partial charge is 0.257 e. The highest BCUT2D eigenvalue weighted by Gasteiger charge is 2.32. The van der Waals surface area contributed by atoms with Crippen molar-refractivity contribution < 1.29 is 18.0 Å². The third kappa shape index (κ3) is 6.14. The molecule has 0 bridgehead atoms. The van der Waals surface area contributed by atoms with E-state index in [-0.39, 0.29) is 16.7 Å². The summed E-state index contributed by atoms with van der Waals surface area (Å²) in [7, 11) is -3.62. The molecular weight excluding hydrogens is 520 g/mol. The van der Waals surface area contributed by atoms with E-state index in [4.69, 9.17) is 0 Å². The molecule has 208 valence electrons. The number of anilines is 1. The first kappa shape index (κ1) is 28.7. The summed E-state index contributed by atoms with van der Waals surface area (Å²) >= 11 is 1.50. The van der Waals surface area contributed by atoms with Gasteiger partial charge in [0.15, 0.2) is 0 Å². The largest absolute Gasteiger partial charge is 0.339 e. The fourth-order valence-corrected chi connectivity index (χ4v) is 8.21. The number of sulfonamides is 1. The molecule has 0 atom stereocenters. The fraction of sp³-hybridized carbons (Fsp3) is 0.571. The molecule has 8 nitrogen and oxygen atoms in total. The van der Waals surface area contributed by atoms with Crippen LogP contribution in [0.5, 0.6) is 0 Å². The number of nitrogens with zero attached hydrogens (tertiary/aromatic N) is 3. The highest BCUT2D eigenvalue weighted by Crippen LogP contribution is 2.38. The van der Waals surface area contributed by atoms with Crippen LogP contribution in [-0.2, 0) is 23.0 Å². The van der Waals surface area contributed by atoms with Gasteiger partial charge in [-0.2, -0.15) is 4.31 Å². The van der Waals surface area contributed by atoms with Crippen LogP contribution in [0.1, 0.15) is 84.0 Å². The maximum Gasteiger partial charge on any atom is 0.257 e. The van der Waals surface area contributed by atoms with Crippen molar-refractivity contribution in [2.75, 3.05) is 44.6 Å². The Hall–Kier alpha value is -2.27. The van der Waals surface area contributed by atoms with Crippen LogP contribution in [0.2, 0.25) is 0 Å². The molecular formula is C28H40N4O4S2. The maximum atomic E-state index is 13.5. The molecule has 1 saturated heterocycles. The molecule has 0 saturated carbocycles. The lowest BCUT2D eigenvalue weighted by molar-refractivity contribution is 0.0792. The second-order valence-corrected chi connectivity index (χ2v) is 13.2. The zero-order valence-electron chi connectivity index (χ0n) is 22.8. The van der Waals surface area contributed by atoms with E-state index < -0.39 is 10.0 Å². The van der Waals surface area contributed by atoms with Crippen LogP contribution in [0.25, 0.3) is 0 Å². The zero-order valence-corrected chi connectivity index (χ0v) is 24.4. The number of nitrogens with one attached hydrogen (secondary N) is 1. The minimum Gasteiger partial charge on any atom is -0.339 e. The van der Waals surface area contributed by atoms with Crippen LogP contribution >= 0.6 is 11.3 Å². The van der Waals surface area contributed by atoms with Crippen molar-refractivity contribution in [1.29, 1.82) is 0 Å². The Labute approximate surface area is 231 Å². The molecule has 0 aliphatic carbocycles. The van der Waals surface area contributed by atoms with E-state index in [1.165, 1.54) is 27.8 Å². The standard InChI is InChI=1S/C28H40N4O4S2/c1-4-14-30-19-13-23-24(20-30)37-27(25(23)28(34)31-17-7-8-18-31)29-26(33)21-9-11-22(12-10-21)38(35,36)32(15-5-2)16-6-3/h9-12H,4-8,13-20H2,1-3H3,(H,29,33). The molecule has 0 radical (unpaired) electrons. The minimum absolute atomic E-state index is 0.00706. The van der Waals surface area contributed by atoms with Crippen LogP contribution in [0.4, 0.5) is 5.00 Å². The first-order valence-electron chi connectivity index (χ1n) is 13.9. The minimum atomic E-state index is -3.62. The van der Waals surface area contributed by atoms with Crippen molar-refractivity contribution in [2.24, 2.45) is 0 Å². The molecule has 38 heavy (non-hydrogen) atoms. The number of thiophene rings is 1. The summed E-state index contributed by atoms with van der Waals surface area (Å²) in [5, 5.41) is 3.61. The van der Waals surface area contributed by atoms with Crippen LogP contribution in [0, 0.1) is 0 Å². The number of carbonyl (C=O) groups is 2. The molecule has 2 aromatic rings. The van der Waals surface area contributed by atoms with Crippen molar-refractivity contribution >= 4 is 38.2 Å². The van der Waals surface area contributed by atoms with Gasteiger partial charge in [0, 0.05) is 49.7 Å². The van der Waals surface area contributed by atoms with E-state index >= 15 is 0 Å². The number of hydrogen-bond donors (Lipinski definition) is 1. The number of carbonyl (C=O) groups excluding carboxylic acids is 2. The third-order valence-electron chi connectivity index (χ3n) is 7.21. The number of rotatable bonds is 11. The number of fused-ring (bicyclic) bond motifs is 1. The van der Waals surface area contributed by atoms with Crippen molar-refractivity contribution in [1.82, 2.24) is 14.1 Å². The lowest BCUT2D eigenvalue weighted by Crippen LogP contribution is -2.33. The normalized spacial score (nSPS) is 16.2. The number of likely N-dealkylation sites (tertiary alicyclic amines) is 1. The summed E-state index contributed by atoms with van der Waals surface area (Å²) in [6, 6.07) is 6.11. The molecule has 3 heterocycles. The van der Waals surface area contributed by atoms with Crippen LogP contribution in [0.3, 0.4) is 0 Å². The SMILES string of the molecule is CCCN1CCc2c(sc(NC(=O)c3ccc(S(=O)(=O)N(CCC)CCC)cc3)c2C(=O)N2CCCC2)C1. The van der Waals surface area contributed by atoms with Gasteiger partial charge in [0.2, 0.25) is 10.0 Å². The lowest BCUT2D eigenvalue weighted by Gasteiger charge is -2.27. The molecule has 10 heteroatoms. The summed E-state index contributed by atoms with van der Waals surface area (Å²) < 4.78 is 27.7. The molecule has 0 spiro atoms. The summed E-state index contributed by atoms with van der Waals surface area (Å²) in [6.45, 7) is 11.2. The first-order valence-corrected chi connectivity index (χ1v) is 16.1. The predicted molar refractivity (Wildman–Crippen MR) is 152 cm³/mol. The Balaban J connectivity index is 1.58. The van der Waals surface area contributed by atoms with Crippen LogP contribution < -0.4 is 5.32 Å². The van der Waals surface area contributed by atoms with Crippen LogP contribution in [-0.4, -0.2) is 73.6 Å². The monoisotopic (exact) mass is 560 g/mol. The highest BCUT2D eigenvalue weighted by molar-refractivity contribution is 7.89. The van der Waals surface area contributed by atoms with Gasteiger partial charge in [-0.15, -0.1) is 11.3 Å². The summed E-state index contributed by atoms with van der Waals surface area (Å²) in [6.07, 6.45) is 5.36. The number of amides is 2. The Kier molecular flexibility index (Phi) is 9.62. The molecule has 1 aromatic heterocycles. The molecule has 4 rings (SSSR count). The Morgan fingerprint density at radius 2 is 1.63 bits per heavy atom. The Morgan fingerprint density at radius 1 is 0.974 bits per heavy atom. The van der Waals surface area contributed by atoms with E-state index in [1.54, 1.807) is 12.1 Å². The van der Waals surface area contributed by atoms with Gasteiger partial charge in [-0.3, -0.25) is 14.5 Å². The molecule has 0 unspecified atom stereocenters. The van der Waals surface area contributed by atoms with Gasteiger partial charge in [0.05, 0.1) is 10.5 Å². The summed E-state index contributed by atoms with van der Waals surface area (Å²) in [5.74, 6) is -0.333. The molecule has 2 amide bonds. The number of benzene rings is 1. The quantitative estimate of drug-likeness (QED) is 0.426. The predicted octanol–water partition coefficient (Wildman–Crippen LogP) is 4.82. The topological polar surface area (TPSA) is 90.0 Å². The van der Waals surface area contributed by atoms with Gasteiger partial charge < -0.3 is 10.2 Å². The van der Waals surface area contributed by atoms with Gasteiger partial charge >= 0.3 is 0 Å². The van der Waals surface area contributed by atoms with Gasteiger partial charge in [-0.25, -0.2) is 8.42 Å². The molecule has 2 aliphatic heterocycles. The van der Waals surface area contributed by atoms with Crippen molar-refractivity contribution in [2.45, 2.75) is 70.7 Å². The average molecular weight is 561 g/mol. The van der Waals surface area contributed by atoms with Crippen molar-refractivity contribution in [3.8, 4) is 0 Å². The van der Waals surface area contributed by atoms with E-state index in [9.17, 15) is 18.0 Å². The first-order chi connectivity index (χ1) is 18.3. The molecule has 1 N–H and O–H groups in total. The van der Waals surface area contributed by atoms with Crippen molar-refractivity contribution in [3.63, 3.8) is 0 Å². The van der Waals surface area contributed by atoms with E-state index in [0.29, 0.717) is 29.2 Å². The maximum absolute atomic E-state index is 13.5. The second-order valence-electron chi connectivity index (χ2n) is 10.1. The van der Waals surface area contributed by atoms with Gasteiger partial charge in [0.25, 0.3) is 11.8 Å².